The molecule has 0 radical (unpaired) electrons. The van der Waals surface area contributed by atoms with Gasteiger partial charge in [0.25, 0.3) is 5.69 Å². The first kappa shape index (κ1) is 18.2. The molecule has 1 aromatic heterocycles. The van der Waals surface area contributed by atoms with Crippen LogP contribution in [0.2, 0.25) is 5.28 Å². The Labute approximate surface area is 144 Å². The molecule has 0 spiro atoms. The number of nitro groups is 2. The predicted octanol–water partition coefficient (Wildman–Crippen LogP) is 2.31. The van der Waals surface area contributed by atoms with E-state index in [0.717, 1.165) is 0 Å². The van der Waals surface area contributed by atoms with Crippen LogP contribution in [0.15, 0.2) is 12.1 Å². The van der Waals surface area contributed by atoms with Crippen molar-refractivity contribution < 1.29 is 14.2 Å². The second-order valence-corrected chi connectivity index (χ2v) is 5.00. The van der Waals surface area contributed by atoms with Crippen LogP contribution in [-0.4, -0.2) is 37.9 Å². The van der Waals surface area contributed by atoms with E-state index in [1.807, 2.05) is 0 Å². The van der Waals surface area contributed by atoms with Crippen LogP contribution in [0.3, 0.4) is 0 Å². The molecule has 2 N–H and O–H groups in total. The van der Waals surface area contributed by atoms with Crippen LogP contribution in [0.1, 0.15) is 5.82 Å². The molecule has 1 aromatic carbocycles. The molecule has 2 rings (SSSR count). The second kappa shape index (κ2) is 7.61. The maximum absolute atomic E-state index is 13.6. The number of rotatable bonds is 7. The van der Waals surface area contributed by atoms with Crippen molar-refractivity contribution >= 4 is 34.6 Å². The third-order valence-corrected chi connectivity index (χ3v) is 3.07. The molecule has 0 saturated carbocycles. The van der Waals surface area contributed by atoms with E-state index in [1.165, 1.54) is 0 Å². The molecule has 0 atom stereocenters. The van der Waals surface area contributed by atoms with Gasteiger partial charge in [0.2, 0.25) is 17.0 Å². The SMILES string of the molecule is Cc1nc(Cl)nc(NCCNc2cc(F)c([N+](=O)[O-])cc2[N+](=O)[O-])n1. The summed E-state index contributed by atoms with van der Waals surface area (Å²) in [7, 11) is 0. The molecule has 0 aliphatic rings. The number of aromatic nitrogens is 3. The van der Waals surface area contributed by atoms with Crippen LogP contribution < -0.4 is 10.6 Å². The highest BCUT2D eigenvalue weighted by Gasteiger charge is 2.24. The third kappa shape index (κ3) is 4.67. The highest BCUT2D eigenvalue weighted by atomic mass is 35.5. The highest BCUT2D eigenvalue weighted by Crippen LogP contribution is 2.31. The lowest BCUT2D eigenvalue weighted by atomic mass is 10.2. The fraction of sp³-hybridized carbons (Fsp3) is 0.250. The van der Waals surface area contributed by atoms with E-state index in [4.69, 9.17) is 11.6 Å². The summed E-state index contributed by atoms with van der Waals surface area (Å²) in [5.74, 6) is -0.557. The standard InChI is InChI=1S/C12H11ClFN7O4/c1-6-17-11(13)19-12(18-6)16-3-2-15-8-4-7(14)9(20(22)23)5-10(8)21(24)25/h4-5,15H,2-3H2,1H3,(H,16,17,18,19). The van der Waals surface area contributed by atoms with Gasteiger partial charge in [-0.1, -0.05) is 0 Å². The number of nitrogens with one attached hydrogen (secondary N) is 2. The van der Waals surface area contributed by atoms with Gasteiger partial charge in [-0.2, -0.15) is 14.4 Å². The van der Waals surface area contributed by atoms with Crippen LogP contribution in [-0.2, 0) is 0 Å². The zero-order valence-electron chi connectivity index (χ0n) is 12.7. The van der Waals surface area contributed by atoms with E-state index in [2.05, 4.69) is 25.6 Å². The van der Waals surface area contributed by atoms with Crippen LogP contribution in [0.5, 0.6) is 0 Å². The number of nitrogens with zero attached hydrogens (tertiary/aromatic N) is 5. The lowest BCUT2D eigenvalue weighted by Crippen LogP contribution is -2.16. The minimum atomic E-state index is -1.18. The number of benzene rings is 1. The van der Waals surface area contributed by atoms with Gasteiger partial charge in [0.05, 0.1) is 15.9 Å². The zero-order chi connectivity index (χ0) is 18.6. The molecule has 0 amide bonds. The maximum atomic E-state index is 13.6. The third-order valence-electron chi connectivity index (χ3n) is 2.90. The second-order valence-electron chi connectivity index (χ2n) is 4.66. The lowest BCUT2D eigenvalue weighted by Gasteiger charge is -2.09. The van der Waals surface area contributed by atoms with Gasteiger partial charge in [-0.15, -0.1) is 0 Å². The number of anilines is 2. The molecule has 2 aromatic rings. The number of hydrogen-bond acceptors (Lipinski definition) is 9. The Hall–Kier alpha value is -3.15. The monoisotopic (exact) mass is 371 g/mol. The van der Waals surface area contributed by atoms with E-state index >= 15 is 0 Å². The number of nitro benzene ring substituents is 2. The fourth-order valence-electron chi connectivity index (χ4n) is 1.88. The van der Waals surface area contributed by atoms with Crippen molar-refractivity contribution in [3.05, 3.63) is 49.3 Å². The van der Waals surface area contributed by atoms with Gasteiger partial charge in [-0.25, -0.2) is 4.98 Å². The molecule has 132 valence electrons. The lowest BCUT2D eigenvalue weighted by molar-refractivity contribution is -0.395. The van der Waals surface area contributed by atoms with Gasteiger partial charge in [0.1, 0.15) is 11.5 Å². The molecule has 0 aliphatic heterocycles. The Morgan fingerprint density at radius 2 is 1.72 bits per heavy atom. The van der Waals surface area contributed by atoms with Crippen LogP contribution in [0.4, 0.5) is 27.4 Å². The Bertz CT molecular complexity index is 815. The first-order chi connectivity index (χ1) is 11.8. The molecule has 25 heavy (non-hydrogen) atoms. The summed E-state index contributed by atoms with van der Waals surface area (Å²) in [6, 6.07) is 1.28. The maximum Gasteiger partial charge on any atom is 0.311 e. The summed E-state index contributed by atoms with van der Waals surface area (Å²) in [6.45, 7) is 1.97. The summed E-state index contributed by atoms with van der Waals surface area (Å²) < 4.78 is 13.6. The van der Waals surface area contributed by atoms with Gasteiger partial charge >= 0.3 is 5.69 Å². The van der Waals surface area contributed by atoms with Gasteiger partial charge in [-0.3, -0.25) is 20.2 Å². The molecule has 0 saturated heterocycles. The first-order valence-corrected chi connectivity index (χ1v) is 7.14. The molecule has 13 heteroatoms. The summed E-state index contributed by atoms with van der Waals surface area (Å²) in [4.78, 5) is 31.4. The molecule has 0 bridgehead atoms. The Morgan fingerprint density at radius 1 is 1.08 bits per heavy atom. The van der Waals surface area contributed by atoms with Crippen molar-refractivity contribution in [2.75, 3.05) is 23.7 Å². The van der Waals surface area contributed by atoms with E-state index in [9.17, 15) is 24.6 Å². The Morgan fingerprint density at radius 3 is 2.32 bits per heavy atom. The topological polar surface area (TPSA) is 149 Å². The number of halogens is 2. The fourth-order valence-corrected chi connectivity index (χ4v) is 2.09. The number of hydrogen-bond donors (Lipinski definition) is 2. The zero-order valence-corrected chi connectivity index (χ0v) is 13.4. The predicted molar refractivity (Wildman–Crippen MR) is 86.3 cm³/mol. The largest absolute Gasteiger partial charge is 0.378 e. The van der Waals surface area contributed by atoms with E-state index in [0.29, 0.717) is 18.0 Å². The van der Waals surface area contributed by atoms with Gasteiger partial charge in [0, 0.05) is 19.2 Å². The van der Waals surface area contributed by atoms with Crippen molar-refractivity contribution in [3.8, 4) is 0 Å². The summed E-state index contributed by atoms with van der Waals surface area (Å²) in [5, 5.41) is 27.1. The van der Waals surface area contributed by atoms with Crippen molar-refractivity contribution in [2.45, 2.75) is 6.92 Å². The van der Waals surface area contributed by atoms with Gasteiger partial charge in [-0.05, 0) is 18.5 Å². The molecule has 0 fully saturated rings. The summed E-state index contributed by atoms with van der Waals surface area (Å²) in [6.07, 6.45) is 0. The average Bonchev–Trinajstić information content (AvgIpc) is 2.50. The normalized spacial score (nSPS) is 10.4. The average molecular weight is 372 g/mol. The van der Waals surface area contributed by atoms with Crippen molar-refractivity contribution in [1.82, 2.24) is 15.0 Å². The Balaban J connectivity index is 2.06. The quantitative estimate of drug-likeness (QED) is 0.424. The summed E-state index contributed by atoms with van der Waals surface area (Å²) in [5.41, 5.74) is -1.75. The van der Waals surface area contributed by atoms with Gasteiger partial charge < -0.3 is 10.6 Å². The van der Waals surface area contributed by atoms with Crippen molar-refractivity contribution in [2.24, 2.45) is 0 Å². The molecule has 0 unspecified atom stereocenters. The van der Waals surface area contributed by atoms with Crippen molar-refractivity contribution in [1.29, 1.82) is 0 Å². The van der Waals surface area contributed by atoms with Gasteiger partial charge in [0.15, 0.2) is 0 Å². The van der Waals surface area contributed by atoms with Crippen molar-refractivity contribution in [3.63, 3.8) is 0 Å². The van der Waals surface area contributed by atoms with E-state index in [-0.39, 0.29) is 30.0 Å². The molecular formula is C12H11ClFN7O4. The van der Waals surface area contributed by atoms with E-state index in [1.54, 1.807) is 6.92 Å². The molecule has 0 aliphatic carbocycles. The van der Waals surface area contributed by atoms with Crippen LogP contribution in [0.25, 0.3) is 0 Å². The van der Waals surface area contributed by atoms with E-state index < -0.39 is 27.0 Å². The molecule has 1 heterocycles. The van der Waals surface area contributed by atoms with Crippen LogP contribution in [0, 0.1) is 33.0 Å². The smallest absolute Gasteiger partial charge is 0.311 e. The Kier molecular flexibility index (Phi) is 5.54. The highest BCUT2D eigenvalue weighted by molar-refractivity contribution is 6.28. The minimum absolute atomic E-state index is 0.0102. The number of aryl methyl sites for hydroxylation is 1. The first-order valence-electron chi connectivity index (χ1n) is 6.76. The minimum Gasteiger partial charge on any atom is -0.378 e. The summed E-state index contributed by atoms with van der Waals surface area (Å²) >= 11 is 5.68. The van der Waals surface area contributed by atoms with Crippen LogP contribution >= 0.6 is 11.6 Å². The molecule has 11 nitrogen and oxygen atoms in total. The molecular weight excluding hydrogens is 361 g/mol.